The Hall–Kier alpha value is -0.810. The molecule has 0 aliphatic carbocycles. The lowest BCUT2D eigenvalue weighted by Gasteiger charge is -2.39. The molecule has 1 fully saturated rings. The van der Waals surface area contributed by atoms with Gasteiger partial charge in [0.2, 0.25) is 0 Å². The third-order valence-corrected chi connectivity index (χ3v) is 7.57. The molecule has 238 valence electrons. The molecule has 0 bridgehead atoms. The van der Waals surface area contributed by atoms with Crippen molar-refractivity contribution in [3.05, 3.63) is 0 Å². The van der Waals surface area contributed by atoms with Crippen molar-refractivity contribution in [3.8, 4) is 0 Å². The maximum atomic E-state index is 11.5. The first kappa shape index (κ1) is 37.2. The number of esters is 1. The van der Waals surface area contributed by atoms with Crippen molar-refractivity contribution in [2.45, 2.75) is 166 Å². The van der Waals surface area contributed by atoms with E-state index in [1.165, 1.54) is 110 Å². The molecule has 6 unspecified atom stereocenters. The molecule has 40 heavy (non-hydrogen) atoms. The van der Waals surface area contributed by atoms with E-state index in [9.17, 15) is 25.2 Å². The molecule has 1 aliphatic rings. The summed E-state index contributed by atoms with van der Waals surface area (Å²) in [6.07, 6.45) is 16.3. The lowest BCUT2D eigenvalue weighted by atomic mass is 9.99. The average Bonchev–Trinajstić information content (AvgIpc) is 2.94. The number of aliphatic hydroxyl groups excluding tert-OH is 4. The summed E-state index contributed by atoms with van der Waals surface area (Å²) >= 11 is 0. The highest BCUT2D eigenvalue weighted by Gasteiger charge is 2.44. The van der Waals surface area contributed by atoms with Gasteiger partial charge in [-0.15, -0.1) is 0 Å². The van der Waals surface area contributed by atoms with Crippen molar-refractivity contribution in [1.29, 1.82) is 0 Å². The molecule has 0 spiro atoms. The molecule has 0 radical (unpaired) electrons. The number of carbonyl (C=O) groups is 1. The van der Waals surface area contributed by atoms with E-state index in [0.717, 1.165) is 12.8 Å². The molecular formula is C31H60O9. The molecule has 0 aromatic rings. The number of rotatable bonds is 26. The normalized spacial score (nSPS) is 23.8. The zero-order valence-corrected chi connectivity index (χ0v) is 25.4. The summed E-state index contributed by atoms with van der Waals surface area (Å²) in [5.74, 6) is -0.487. The summed E-state index contributed by atoms with van der Waals surface area (Å²) in [4.78, 5) is 11.5. The van der Waals surface area contributed by atoms with Gasteiger partial charge in [0.25, 0.3) is 0 Å². The molecule has 0 saturated carbocycles. The van der Waals surface area contributed by atoms with Crippen LogP contribution < -0.4 is 0 Å². The molecule has 0 aromatic carbocycles. The second-order valence-corrected chi connectivity index (χ2v) is 11.3. The van der Waals surface area contributed by atoms with Crippen LogP contribution in [0.2, 0.25) is 0 Å². The Labute approximate surface area is 242 Å². The Kier molecular flexibility index (Phi) is 23.0. The maximum Gasteiger partial charge on any atom is 0.303 e. The van der Waals surface area contributed by atoms with Gasteiger partial charge in [-0.1, -0.05) is 116 Å². The second kappa shape index (κ2) is 24.8. The lowest BCUT2D eigenvalue weighted by molar-refractivity contribution is -0.305. The number of aliphatic hydroxyl groups is 4. The monoisotopic (exact) mass is 576 g/mol. The minimum atomic E-state index is -1.52. The SMILES string of the molecule is CCCCCCCCCCCCCCCCCCCCOCC(COC1OC(CO)C(O)C(O)C1O)OC(C)=O. The first-order valence-electron chi connectivity index (χ1n) is 16.1. The Bertz CT molecular complexity index is 589. The summed E-state index contributed by atoms with van der Waals surface area (Å²) in [7, 11) is 0. The number of carbonyl (C=O) groups excluding carboxylic acids is 1. The van der Waals surface area contributed by atoms with Gasteiger partial charge in [0.1, 0.15) is 30.5 Å². The molecule has 9 heteroatoms. The zero-order valence-electron chi connectivity index (χ0n) is 25.4. The molecule has 0 aromatic heterocycles. The molecule has 0 amide bonds. The fourth-order valence-electron chi connectivity index (χ4n) is 5.08. The number of unbranched alkanes of at least 4 members (excludes halogenated alkanes) is 17. The molecule has 4 N–H and O–H groups in total. The predicted molar refractivity (Wildman–Crippen MR) is 155 cm³/mol. The van der Waals surface area contributed by atoms with Gasteiger partial charge in [0, 0.05) is 13.5 Å². The summed E-state index contributed by atoms with van der Waals surface area (Å²) < 4.78 is 21.7. The van der Waals surface area contributed by atoms with Gasteiger partial charge in [0.15, 0.2) is 6.29 Å². The standard InChI is InChI=1S/C31H60O9/c1-3-4-5-6-7-8-9-10-11-12-13-14-15-16-17-18-19-20-21-37-23-26(39-25(2)33)24-38-31-30(36)29(35)28(34)27(22-32)40-31/h26-32,34-36H,3-24H2,1-2H3. The van der Waals surface area contributed by atoms with Gasteiger partial charge in [-0.3, -0.25) is 4.79 Å². The van der Waals surface area contributed by atoms with E-state index in [2.05, 4.69) is 6.92 Å². The molecular weight excluding hydrogens is 516 g/mol. The van der Waals surface area contributed by atoms with Crippen LogP contribution in [0.4, 0.5) is 0 Å². The molecule has 1 saturated heterocycles. The summed E-state index contributed by atoms with van der Waals surface area (Å²) in [6.45, 7) is 3.58. The smallest absolute Gasteiger partial charge is 0.303 e. The van der Waals surface area contributed by atoms with Crippen molar-refractivity contribution >= 4 is 5.97 Å². The molecule has 9 nitrogen and oxygen atoms in total. The molecule has 1 aliphatic heterocycles. The lowest BCUT2D eigenvalue weighted by Crippen LogP contribution is -2.59. The van der Waals surface area contributed by atoms with Crippen molar-refractivity contribution in [2.75, 3.05) is 26.4 Å². The molecule has 1 rings (SSSR count). The number of hydrogen-bond donors (Lipinski definition) is 4. The summed E-state index contributed by atoms with van der Waals surface area (Å²) in [6, 6.07) is 0. The third kappa shape index (κ3) is 17.9. The van der Waals surface area contributed by atoms with E-state index >= 15 is 0 Å². The Morgan fingerprint density at radius 1 is 0.700 bits per heavy atom. The van der Waals surface area contributed by atoms with Gasteiger partial charge in [-0.2, -0.15) is 0 Å². The number of hydrogen-bond acceptors (Lipinski definition) is 9. The highest BCUT2D eigenvalue weighted by molar-refractivity contribution is 5.66. The zero-order chi connectivity index (χ0) is 29.4. The topological polar surface area (TPSA) is 135 Å². The van der Waals surface area contributed by atoms with Crippen LogP contribution in [-0.4, -0.2) is 89.6 Å². The van der Waals surface area contributed by atoms with E-state index in [4.69, 9.17) is 18.9 Å². The predicted octanol–water partition coefficient (Wildman–Crippen LogP) is 4.79. The van der Waals surface area contributed by atoms with E-state index < -0.39 is 49.4 Å². The Morgan fingerprint density at radius 3 is 1.62 bits per heavy atom. The molecule has 6 atom stereocenters. The van der Waals surface area contributed by atoms with E-state index in [1.807, 2.05) is 0 Å². The highest BCUT2D eigenvalue weighted by Crippen LogP contribution is 2.22. The van der Waals surface area contributed by atoms with Crippen molar-refractivity contribution < 1.29 is 44.2 Å². The van der Waals surface area contributed by atoms with E-state index in [0.29, 0.717) is 6.61 Å². The van der Waals surface area contributed by atoms with Crippen LogP contribution in [0.5, 0.6) is 0 Å². The maximum absolute atomic E-state index is 11.5. The first-order chi connectivity index (χ1) is 19.4. The quantitative estimate of drug-likeness (QED) is 0.0846. The van der Waals surface area contributed by atoms with E-state index in [-0.39, 0.29) is 13.2 Å². The fraction of sp³-hybridized carbons (Fsp3) is 0.968. The van der Waals surface area contributed by atoms with Crippen LogP contribution in [0.15, 0.2) is 0 Å². The van der Waals surface area contributed by atoms with E-state index in [1.54, 1.807) is 0 Å². The van der Waals surface area contributed by atoms with Crippen LogP contribution in [-0.2, 0) is 23.7 Å². The van der Waals surface area contributed by atoms with Crippen LogP contribution in [0.25, 0.3) is 0 Å². The first-order valence-corrected chi connectivity index (χ1v) is 16.1. The minimum Gasteiger partial charge on any atom is -0.458 e. The average molecular weight is 577 g/mol. The second-order valence-electron chi connectivity index (χ2n) is 11.3. The Balaban J connectivity index is 1.99. The van der Waals surface area contributed by atoms with Crippen LogP contribution >= 0.6 is 0 Å². The van der Waals surface area contributed by atoms with Crippen LogP contribution in [0, 0.1) is 0 Å². The van der Waals surface area contributed by atoms with Gasteiger partial charge in [-0.05, 0) is 6.42 Å². The Morgan fingerprint density at radius 2 is 1.18 bits per heavy atom. The van der Waals surface area contributed by atoms with Gasteiger partial charge in [0.05, 0.1) is 19.8 Å². The number of ether oxygens (including phenoxy) is 4. The van der Waals surface area contributed by atoms with Gasteiger partial charge >= 0.3 is 5.97 Å². The van der Waals surface area contributed by atoms with Crippen molar-refractivity contribution in [1.82, 2.24) is 0 Å². The molecule has 1 heterocycles. The third-order valence-electron chi connectivity index (χ3n) is 7.57. The van der Waals surface area contributed by atoms with Crippen molar-refractivity contribution in [2.24, 2.45) is 0 Å². The van der Waals surface area contributed by atoms with Crippen LogP contribution in [0.1, 0.15) is 129 Å². The summed E-state index contributed by atoms with van der Waals surface area (Å²) in [5.41, 5.74) is 0. The van der Waals surface area contributed by atoms with Gasteiger partial charge in [-0.25, -0.2) is 0 Å². The van der Waals surface area contributed by atoms with Crippen LogP contribution in [0.3, 0.4) is 0 Å². The summed E-state index contributed by atoms with van der Waals surface area (Å²) in [5, 5.41) is 39.1. The fourth-order valence-corrected chi connectivity index (χ4v) is 5.08. The minimum absolute atomic E-state index is 0.124. The van der Waals surface area contributed by atoms with Gasteiger partial charge < -0.3 is 39.4 Å². The highest BCUT2D eigenvalue weighted by atomic mass is 16.7. The largest absolute Gasteiger partial charge is 0.458 e. The van der Waals surface area contributed by atoms with Crippen molar-refractivity contribution in [3.63, 3.8) is 0 Å².